The van der Waals surface area contributed by atoms with Crippen LogP contribution in [0.2, 0.25) is 4.34 Å². The highest BCUT2D eigenvalue weighted by Crippen LogP contribution is 2.25. The SMILES string of the molecule is CCOC(=O)c1cc(N(C)Cc2ccc(Cl)s2)ncc1N. The first-order valence-electron chi connectivity index (χ1n) is 6.39. The van der Waals surface area contributed by atoms with Gasteiger partial charge in [0.05, 0.1) is 34.9 Å². The number of nitrogen functional groups attached to an aromatic ring is 1. The summed E-state index contributed by atoms with van der Waals surface area (Å²) in [6.45, 7) is 2.71. The van der Waals surface area contributed by atoms with Gasteiger partial charge in [0.2, 0.25) is 0 Å². The summed E-state index contributed by atoms with van der Waals surface area (Å²) in [7, 11) is 1.89. The Morgan fingerprint density at radius 2 is 2.29 bits per heavy atom. The average molecular weight is 326 g/mol. The third-order valence-corrected chi connectivity index (χ3v) is 4.04. The van der Waals surface area contributed by atoms with Crippen LogP contribution in [0.15, 0.2) is 24.4 Å². The smallest absolute Gasteiger partial charge is 0.340 e. The van der Waals surface area contributed by atoms with Crippen LogP contribution in [-0.2, 0) is 11.3 Å². The molecule has 0 aliphatic heterocycles. The second-order valence-electron chi connectivity index (χ2n) is 4.41. The zero-order chi connectivity index (χ0) is 15.4. The number of hydrogen-bond acceptors (Lipinski definition) is 6. The van der Waals surface area contributed by atoms with Gasteiger partial charge in [0.1, 0.15) is 5.82 Å². The Morgan fingerprint density at radius 3 is 2.90 bits per heavy atom. The normalized spacial score (nSPS) is 10.4. The predicted molar refractivity (Wildman–Crippen MR) is 86.0 cm³/mol. The molecule has 0 saturated heterocycles. The third-order valence-electron chi connectivity index (χ3n) is 2.83. The zero-order valence-corrected chi connectivity index (χ0v) is 13.4. The van der Waals surface area contributed by atoms with Gasteiger partial charge in [-0.1, -0.05) is 11.6 Å². The number of halogens is 1. The van der Waals surface area contributed by atoms with E-state index in [2.05, 4.69) is 4.98 Å². The van der Waals surface area contributed by atoms with E-state index < -0.39 is 5.97 Å². The molecular weight excluding hydrogens is 310 g/mol. The van der Waals surface area contributed by atoms with Crippen molar-refractivity contribution in [3.63, 3.8) is 0 Å². The van der Waals surface area contributed by atoms with Crippen LogP contribution in [0.25, 0.3) is 0 Å². The van der Waals surface area contributed by atoms with Crippen LogP contribution >= 0.6 is 22.9 Å². The molecule has 21 heavy (non-hydrogen) atoms. The van der Waals surface area contributed by atoms with Crippen molar-refractivity contribution in [2.75, 3.05) is 24.3 Å². The number of carbonyl (C=O) groups is 1. The molecule has 2 rings (SSSR count). The van der Waals surface area contributed by atoms with Gasteiger partial charge < -0.3 is 15.4 Å². The number of thiophene rings is 1. The summed E-state index contributed by atoms with van der Waals surface area (Å²) < 4.78 is 5.73. The summed E-state index contributed by atoms with van der Waals surface area (Å²) in [6, 6.07) is 5.46. The molecule has 7 heteroatoms. The van der Waals surface area contributed by atoms with E-state index in [-0.39, 0.29) is 0 Å². The molecule has 0 amide bonds. The number of pyridine rings is 1. The molecule has 2 aromatic rings. The van der Waals surface area contributed by atoms with E-state index in [4.69, 9.17) is 22.1 Å². The average Bonchev–Trinajstić information content (AvgIpc) is 2.84. The highest BCUT2D eigenvalue weighted by Gasteiger charge is 2.14. The molecule has 0 aliphatic carbocycles. The third kappa shape index (κ3) is 3.86. The molecule has 2 heterocycles. The summed E-state index contributed by atoms with van der Waals surface area (Å²) in [6.07, 6.45) is 1.47. The van der Waals surface area contributed by atoms with Crippen LogP contribution in [0.5, 0.6) is 0 Å². The molecule has 0 radical (unpaired) electrons. The van der Waals surface area contributed by atoms with E-state index in [0.717, 1.165) is 9.21 Å². The molecule has 2 N–H and O–H groups in total. The summed E-state index contributed by atoms with van der Waals surface area (Å²) in [5, 5.41) is 0. The van der Waals surface area contributed by atoms with Gasteiger partial charge in [-0.3, -0.25) is 0 Å². The molecule has 0 fully saturated rings. The van der Waals surface area contributed by atoms with Gasteiger partial charge in [0, 0.05) is 11.9 Å². The fourth-order valence-corrected chi connectivity index (χ4v) is 2.94. The van der Waals surface area contributed by atoms with Crippen molar-refractivity contribution in [1.82, 2.24) is 4.98 Å². The van der Waals surface area contributed by atoms with Crippen molar-refractivity contribution in [1.29, 1.82) is 0 Å². The summed E-state index contributed by atoms with van der Waals surface area (Å²) in [5.74, 6) is 0.211. The molecule has 2 aromatic heterocycles. The van der Waals surface area contributed by atoms with Gasteiger partial charge in [-0.15, -0.1) is 11.3 Å². The molecule has 0 saturated carbocycles. The first-order valence-corrected chi connectivity index (χ1v) is 7.58. The molecule has 112 valence electrons. The van der Waals surface area contributed by atoms with Gasteiger partial charge in [0.15, 0.2) is 0 Å². The van der Waals surface area contributed by atoms with Crippen molar-refractivity contribution in [2.24, 2.45) is 0 Å². The topological polar surface area (TPSA) is 68.5 Å². The number of carbonyl (C=O) groups excluding carboxylic acids is 1. The van der Waals surface area contributed by atoms with Gasteiger partial charge in [-0.2, -0.15) is 0 Å². The minimum atomic E-state index is -0.439. The van der Waals surface area contributed by atoms with E-state index in [1.54, 1.807) is 13.0 Å². The van der Waals surface area contributed by atoms with Gasteiger partial charge >= 0.3 is 5.97 Å². The molecule has 0 unspecified atom stereocenters. The molecule has 5 nitrogen and oxygen atoms in total. The number of esters is 1. The van der Waals surface area contributed by atoms with Crippen LogP contribution < -0.4 is 10.6 Å². The lowest BCUT2D eigenvalue weighted by atomic mass is 10.2. The predicted octanol–water partition coefficient (Wildman–Crippen LogP) is 3.19. The highest BCUT2D eigenvalue weighted by atomic mass is 35.5. The van der Waals surface area contributed by atoms with Crippen molar-refractivity contribution < 1.29 is 9.53 Å². The summed E-state index contributed by atoms with van der Waals surface area (Å²) in [4.78, 5) is 19.1. The monoisotopic (exact) mass is 325 g/mol. The number of anilines is 2. The number of ether oxygens (including phenoxy) is 1. The lowest BCUT2D eigenvalue weighted by molar-refractivity contribution is 0.0527. The Bertz CT molecular complexity index is 645. The number of rotatable bonds is 5. The quantitative estimate of drug-likeness (QED) is 0.855. The van der Waals surface area contributed by atoms with Crippen LogP contribution in [0, 0.1) is 0 Å². The molecular formula is C14H16ClN3O2S. The molecule has 0 aromatic carbocycles. The zero-order valence-electron chi connectivity index (χ0n) is 11.8. The fraction of sp³-hybridized carbons (Fsp3) is 0.286. The lowest BCUT2D eigenvalue weighted by Gasteiger charge is -2.18. The van der Waals surface area contributed by atoms with Crippen LogP contribution in [-0.4, -0.2) is 24.6 Å². The minimum Gasteiger partial charge on any atom is -0.462 e. The van der Waals surface area contributed by atoms with E-state index in [1.165, 1.54) is 17.5 Å². The number of nitrogens with zero attached hydrogens (tertiary/aromatic N) is 2. The van der Waals surface area contributed by atoms with Gasteiger partial charge in [0.25, 0.3) is 0 Å². The maximum Gasteiger partial charge on any atom is 0.340 e. The fourth-order valence-electron chi connectivity index (χ4n) is 1.80. The Labute approximate surface area is 132 Å². The number of aromatic nitrogens is 1. The second kappa shape index (κ2) is 6.78. The standard InChI is InChI=1S/C14H16ClN3O2S/c1-3-20-14(19)10-6-13(17-7-11(10)16)18(2)8-9-4-5-12(15)21-9/h4-7H,3,8,16H2,1-2H3. The Morgan fingerprint density at radius 1 is 1.52 bits per heavy atom. The van der Waals surface area contributed by atoms with Crippen molar-refractivity contribution in [2.45, 2.75) is 13.5 Å². The Hall–Kier alpha value is -1.79. The second-order valence-corrected chi connectivity index (χ2v) is 6.21. The summed E-state index contributed by atoms with van der Waals surface area (Å²) in [5.41, 5.74) is 6.42. The first kappa shape index (κ1) is 15.6. The molecule has 0 atom stereocenters. The molecule has 0 aliphatic rings. The van der Waals surface area contributed by atoms with Gasteiger partial charge in [-0.05, 0) is 25.1 Å². The largest absolute Gasteiger partial charge is 0.462 e. The van der Waals surface area contributed by atoms with Crippen molar-refractivity contribution in [3.05, 3.63) is 39.2 Å². The Kier molecular flexibility index (Phi) is 5.03. The van der Waals surface area contributed by atoms with Crippen LogP contribution in [0.4, 0.5) is 11.5 Å². The highest BCUT2D eigenvalue weighted by molar-refractivity contribution is 7.16. The summed E-state index contributed by atoms with van der Waals surface area (Å²) >= 11 is 7.43. The minimum absolute atomic E-state index is 0.305. The number of hydrogen-bond donors (Lipinski definition) is 1. The van der Waals surface area contributed by atoms with E-state index in [1.807, 2.05) is 24.1 Å². The lowest BCUT2D eigenvalue weighted by Crippen LogP contribution is -2.18. The Balaban J connectivity index is 2.19. The first-order chi connectivity index (χ1) is 10.0. The van der Waals surface area contributed by atoms with Crippen LogP contribution in [0.1, 0.15) is 22.2 Å². The van der Waals surface area contributed by atoms with Crippen molar-refractivity contribution >= 4 is 40.4 Å². The van der Waals surface area contributed by atoms with Crippen molar-refractivity contribution in [3.8, 4) is 0 Å². The van der Waals surface area contributed by atoms with E-state index >= 15 is 0 Å². The number of nitrogens with two attached hydrogens (primary N) is 1. The van der Waals surface area contributed by atoms with E-state index in [9.17, 15) is 4.79 Å². The maximum atomic E-state index is 11.8. The van der Waals surface area contributed by atoms with E-state index in [0.29, 0.717) is 30.2 Å². The molecule has 0 spiro atoms. The van der Waals surface area contributed by atoms with Gasteiger partial charge in [-0.25, -0.2) is 9.78 Å². The molecule has 0 bridgehead atoms. The maximum absolute atomic E-state index is 11.8. The van der Waals surface area contributed by atoms with Crippen LogP contribution in [0.3, 0.4) is 0 Å².